The van der Waals surface area contributed by atoms with Crippen LogP contribution in [0.25, 0.3) is 11.5 Å². The van der Waals surface area contributed by atoms with Gasteiger partial charge in [0.05, 0.1) is 11.6 Å². The highest BCUT2D eigenvalue weighted by atomic mass is 79.9. The maximum absolute atomic E-state index is 5.66. The largest absolute Gasteiger partial charge is 0.419 e. The van der Waals surface area contributed by atoms with Crippen molar-refractivity contribution in [2.75, 3.05) is 0 Å². The van der Waals surface area contributed by atoms with Crippen LogP contribution in [0.3, 0.4) is 0 Å². The van der Waals surface area contributed by atoms with Gasteiger partial charge in [0, 0.05) is 8.95 Å². The van der Waals surface area contributed by atoms with E-state index in [1.807, 2.05) is 18.2 Å². The van der Waals surface area contributed by atoms with E-state index < -0.39 is 0 Å². The monoisotopic (exact) mass is 345 g/mol. The Balaban J connectivity index is 2.46. The summed E-state index contributed by atoms with van der Waals surface area (Å²) >= 11 is 6.83. The molecular weight excluding hydrogens is 338 g/mol. The summed E-state index contributed by atoms with van der Waals surface area (Å²) in [6, 6.07) is 5.49. The fourth-order valence-electron chi connectivity index (χ4n) is 1.19. The van der Waals surface area contributed by atoms with Crippen LogP contribution in [0, 0.1) is 0 Å². The van der Waals surface area contributed by atoms with Crippen molar-refractivity contribution in [2.24, 2.45) is 5.73 Å². The summed E-state index contributed by atoms with van der Waals surface area (Å²) in [7, 11) is 0. The van der Waals surface area contributed by atoms with E-state index in [0.717, 1.165) is 14.5 Å². The van der Waals surface area contributed by atoms with Gasteiger partial charge in [-0.1, -0.05) is 15.9 Å². The van der Waals surface area contributed by atoms with Crippen molar-refractivity contribution in [3.63, 3.8) is 0 Å². The van der Waals surface area contributed by atoms with Crippen molar-refractivity contribution in [1.29, 1.82) is 0 Å². The van der Waals surface area contributed by atoms with Crippen LogP contribution in [0.1, 0.15) is 18.9 Å². The standard InChI is InChI=1S/C10H9Br2N3O/c1-5(13)9-14-15-10(16-9)7-4-6(11)2-3-8(7)12/h2-5H,13H2,1H3. The minimum atomic E-state index is -0.257. The summed E-state index contributed by atoms with van der Waals surface area (Å²) < 4.78 is 7.32. The molecule has 0 fully saturated rings. The highest BCUT2D eigenvalue weighted by Crippen LogP contribution is 2.30. The summed E-state index contributed by atoms with van der Waals surface area (Å²) in [6.07, 6.45) is 0. The lowest BCUT2D eigenvalue weighted by Crippen LogP contribution is -2.04. The second-order valence-corrected chi connectivity index (χ2v) is 5.13. The highest BCUT2D eigenvalue weighted by molar-refractivity contribution is 9.11. The Bertz CT molecular complexity index is 511. The number of halogens is 2. The van der Waals surface area contributed by atoms with Gasteiger partial charge in [0.15, 0.2) is 0 Å². The molecule has 2 aromatic rings. The molecule has 16 heavy (non-hydrogen) atoms. The fraction of sp³-hybridized carbons (Fsp3) is 0.200. The number of hydrogen-bond donors (Lipinski definition) is 1. The predicted molar refractivity (Wildman–Crippen MR) is 67.7 cm³/mol. The van der Waals surface area contributed by atoms with Crippen LogP contribution < -0.4 is 5.73 Å². The van der Waals surface area contributed by atoms with E-state index in [9.17, 15) is 0 Å². The van der Waals surface area contributed by atoms with Crippen molar-refractivity contribution < 1.29 is 4.42 Å². The Labute approximate surface area is 109 Å². The van der Waals surface area contributed by atoms with E-state index in [-0.39, 0.29) is 6.04 Å². The molecule has 0 aliphatic carbocycles. The van der Waals surface area contributed by atoms with Gasteiger partial charge in [0.25, 0.3) is 0 Å². The van der Waals surface area contributed by atoms with Crippen LogP contribution >= 0.6 is 31.9 Å². The molecule has 0 spiro atoms. The molecule has 2 N–H and O–H groups in total. The third-order valence-electron chi connectivity index (χ3n) is 1.99. The molecule has 1 unspecified atom stereocenters. The van der Waals surface area contributed by atoms with E-state index >= 15 is 0 Å². The van der Waals surface area contributed by atoms with Crippen molar-refractivity contribution in [1.82, 2.24) is 10.2 Å². The van der Waals surface area contributed by atoms with Crippen LogP contribution in [-0.4, -0.2) is 10.2 Å². The van der Waals surface area contributed by atoms with E-state index in [0.29, 0.717) is 11.8 Å². The average molecular weight is 347 g/mol. The minimum absolute atomic E-state index is 0.257. The number of benzene rings is 1. The van der Waals surface area contributed by atoms with Crippen LogP contribution in [0.15, 0.2) is 31.6 Å². The van der Waals surface area contributed by atoms with Crippen LogP contribution in [0.5, 0.6) is 0 Å². The number of rotatable bonds is 2. The predicted octanol–water partition coefficient (Wildman–Crippen LogP) is 3.28. The summed E-state index contributed by atoms with van der Waals surface area (Å²) in [5, 5.41) is 7.85. The molecule has 1 atom stereocenters. The molecular formula is C10H9Br2N3O. The van der Waals surface area contributed by atoms with Crippen molar-refractivity contribution in [3.8, 4) is 11.5 Å². The Morgan fingerprint density at radius 2 is 2.06 bits per heavy atom. The van der Waals surface area contributed by atoms with Gasteiger partial charge in [-0.25, -0.2) is 0 Å². The SMILES string of the molecule is CC(N)c1nnc(-c2cc(Br)ccc2Br)o1. The summed E-state index contributed by atoms with van der Waals surface area (Å²) in [5.74, 6) is 0.891. The molecule has 0 bridgehead atoms. The van der Waals surface area contributed by atoms with E-state index in [1.54, 1.807) is 6.92 Å². The lowest BCUT2D eigenvalue weighted by molar-refractivity contribution is 0.473. The molecule has 0 aliphatic rings. The lowest BCUT2D eigenvalue weighted by atomic mass is 10.2. The topological polar surface area (TPSA) is 64.9 Å². The maximum Gasteiger partial charge on any atom is 0.249 e. The van der Waals surface area contributed by atoms with Gasteiger partial charge in [-0.05, 0) is 41.1 Å². The normalized spacial score (nSPS) is 12.8. The maximum atomic E-state index is 5.66. The summed E-state index contributed by atoms with van der Waals surface area (Å²) in [5.41, 5.74) is 6.50. The van der Waals surface area contributed by atoms with Gasteiger partial charge in [0.1, 0.15) is 0 Å². The molecule has 6 heteroatoms. The summed E-state index contributed by atoms with van der Waals surface area (Å²) in [6.45, 7) is 1.80. The van der Waals surface area contributed by atoms with E-state index in [2.05, 4.69) is 42.1 Å². The molecule has 4 nitrogen and oxygen atoms in total. The van der Waals surface area contributed by atoms with Gasteiger partial charge >= 0.3 is 0 Å². The molecule has 1 heterocycles. The number of hydrogen-bond acceptors (Lipinski definition) is 4. The second kappa shape index (κ2) is 4.65. The molecule has 0 aliphatic heterocycles. The van der Waals surface area contributed by atoms with E-state index in [4.69, 9.17) is 10.2 Å². The van der Waals surface area contributed by atoms with Gasteiger partial charge in [-0.3, -0.25) is 0 Å². The Kier molecular flexibility index (Phi) is 3.41. The molecule has 2 rings (SSSR count). The fourth-order valence-corrected chi connectivity index (χ4v) is 1.97. The Morgan fingerprint density at radius 3 is 2.69 bits per heavy atom. The molecule has 0 amide bonds. The third kappa shape index (κ3) is 2.34. The van der Waals surface area contributed by atoms with Crippen molar-refractivity contribution in [3.05, 3.63) is 33.0 Å². The van der Waals surface area contributed by atoms with E-state index in [1.165, 1.54) is 0 Å². The smallest absolute Gasteiger partial charge is 0.249 e. The zero-order chi connectivity index (χ0) is 11.7. The zero-order valence-corrected chi connectivity index (χ0v) is 11.6. The highest BCUT2D eigenvalue weighted by Gasteiger charge is 2.14. The first kappa shape index (κ1) is 11.8. The molecule has 1 aromatic carbocycles. The average Bonchev–Trinajstić information content (AvgIpc) is 2.70. The molecule has 0 saturated heterocycles. The summed E-state index contributed by atoms with van der Waals surface area (Å²) in [4.78, 5) is 0. The molecule has 84 valence electrons. The first-order chi connectivity index (χ1) is 7.58. The molecule has 0 radical (unpaired) electrons. The van der Waals surface area contributed by atoms with Gasteiger partial charge in [0.2, 0.25) is 11.8 Å². The quantitative estimate of drug-likeness (QED) is 0.906. The molecule has 1 aromatic heterocycles. The number of nitrogens with two attached hydrogens (primary N) is 1. The van der Waals surface area contributed by atoms with Crippen LogP contribution in [0.4, 0.5) is 0 Å². The molecule has 0 saturated carbocycles. The Morgan fingerprint density at radius 1 is 1.31 bits per heavy atom. The zero-order valence-electron chi connectivity index (χ0n) is 8.45. The Hall–Kier alpha value is -0.720. The van der Waals surface area contributed by atoms with Crippen molar-refractivity contribution in [2.45, 2.75) is 13.0 Å². The number of nitrogens with zero attached hydrogens (tertiary/aromatic N) is 2. The number of aromatic nitrogens is 2. The second-order valence-electron chi connectivity index (χ2n) is 3.36. The van der Waals surface area contributed by atoms with Gasteiger partial charge < -0.3 is 10.2 Å². The lowest BCUT2D eigenvalue weighted by Gasteiger charge is -2.00. The first-order valence-electron chi connectivity index (χ1n) is 4.62. The van der Waals surface area contributed by atoms with Gasteiger partial charge in [-0.2, -0.15) is 0 Å². The third-order valence-corrected chi connectivity index (χ3v) is 3.17. The van der Waals surface area contributed by atoms with Crippen molar-refractivity contribution >= 4 is 31.9 Å². The van der Waals surface area contributed by atoms with Gasteiger partial charge in [-0.15, -0.1) is 10.2 Å². The minimum Gasteiger partial charge on any atom is -0.419 e. The van der Waals surface area contributed by atoms with Crippen LogP contribution in [0.2, 0.25) is 0 Å². The van der Waals surface area contributed by atoms with Crippen LogP contribution in [-0.2, 0) is 0 Å². The first-order valence-corrected chi connectivity index (χ1v) is 6.21.